The van der Waals surface area contributed by atoms with Crippen molar-refractivity contribution in [1.29, 1.82) is 0 Å². The number of nitrogens with zero attached hydrogens (tertiary/aromatic N) is 5. The third kappa shape index (κ3) is 4.42. The van der Waals surface area contributed by atoms with Crippen molar-refractivity contribution in [2.45, 2.75) is 56.6 Å². The van der Waals surface area contributed by atoms with Gasteiger partial charge in [-0.05, 0) is 44.7 Å². The molecule has 2 aliphatic rings. The summed E-state index contributed by atoms with van der Waals surface area (Å²) < 4.78 is 56.9. The highest BCUT2D eigenvalue weighted by molar-refractivity contribution is 5.97. The van der Waals surface area contributed by atoms with Gasteiger partial charge in [-0.15, -0.1) is 0 Å². The minimum atomic E-state index is -4.74. The molecule has 1 aliphatic heterocycles. The number of rotatable bonds is 4. The predicted octanol–water partition coefficient (Wildman–Crippen LogP) is 2.28. The Balaban J connectivity index is 1.41. The van der Waals surface area contributed by atoms with Gasteiger partial charge in [0.1, 0.15) is 23.6 Å². The number of nitrogens with two attached hydrogens (primary N) is 1. The van der Waals surface area contributed by atoms with E-state index in [1.165, 1.54) is 24.1 Å². The second-order valence-electron chi connectivity index (χ2n) is 9.75. The molecule has 10 nitrogen and oxygen atoms in total. The molecular weight excluding hydrogens is 510 g/mol. The Morgan fingerprint density at radius 2 is 1.89 bits per heavy atom. The number of carbonyl (C=O) groups is 2. The first-order chi connectivity index (χ1) is 17.9. The highest BCUT2D eigenvalue weighted by Gasteiger charge is 2.46. The van der Waals surface area contributed by atoms with Crippen LogP contribution < -0.4 is 11.1 Å². The number of nitrogen functional groups attached to an aromatic ring is 1. The first-order valence-corrected chi connectivity index (χ1v) is 12.0. The highest BCUT2D eigenvalue weighted by Crippen LogP contribution is 2.39. The molecule has 0 unspecified atom stereocenters. The number of aliphatic hydroxyl groups is 1. The Morgan fingerprint density at radius 1 is 1.18 bits per heavy atom. The largest absolute Gasteiger partial charge is 0.418 e. The van der Waals surface area contributed by atoms with Gasteiger partial charge in [-0.3, -0.25) is 14.6 Å². The number of nitrogens with one attached hydrogen (secondary N) is 1. The average Bonchev–Trinajstić information content (AvgIpc) is 3.57. The smallest absolute Gasteiger partial charge is 0.382 e. The molecule has 4 N–H and O–H groups in total. The second kappa shape index (κ2) is 9.19. The van der Waals surface area contributed by atoms with E-state index in [1.807, 2.05) is 0 Å². The molecule has 1 saturated carbocycles. The van der Waals surface area contributed by atoms with E-state index in [-0.39, 0.29) is 41.4 Å². The Hall–Kier alpha value is -3.81. The monoisotopic (exact) mass is 535 g/mol. The molecule has 38 heavy (non-hydrogen) atoms. The fraction of sp³-hybridized carbons (Fsp3) is 0.458. The van der Waals surface area contributed by atoms with Crippen LogP contribution in [-0.2, 0) is 11.0 Å². The normalized spacial score (nSPS) is 21.3. The number of carbonyl (C=O) groups excluding carboxylic acids is 2. The molecular formula is C24H25F4N7O3. The molecule has 3 aromatic rings. The number of hydrogen-bond donors (Lipinski definition) is 3. The zero-order valence-corrected chi connectivity index (χ0v) is 20.3. The molecule has 0 bridgehead atoms. The summed E-state index contributed by atoms with van der Waals surface area (Å²) in [5.41, 5.74) is 3.13. The van der Waals surface area contributed by atoms with Crippen LogP contribution in [0.3, 0.4) is 0 Å². The molecule has 0 spiro atoms. The third-order valence-corrected chi connectivity index (χ3v) is 7.20. The molecule has 2 fully saturated rings. The van der Waals surface area contributed by atoms with E-state index in [0.29, 0.717) is 25.7 Å². The number of amides is 2. The number of likely N-dealkylation sites (tertiary alicyclic amines) is 1. The van der Waals surface area contributed by atoms with Gasteiger partial charge in [0.05, 0.1) is 35.1 Å². The summed E-state index contributed by atoms with van der Waals surface area (Å²) in [7, 11) is 0. The van der Waals surface area contributed by atoms with Gasteiger partial charge < -0.3 is 21.1 Å². The van der Waals surface area contributed by atoms with Crippen LogP contribution in [0.15, 0.2) is 24.7 Å². The lowest BCUT2D eigenvalue weighted by molar-refractivity contribution is -0.149. The number of aryl methyl sites for hydroxylation is 1. The number of anilines is 1. The Labute approximate surface area is 213 Å². The summed E-state index contributed by atoms with van der Waals surface area (Å²) in [4.78, 5) is 34.9. The molecule has 202 valence electrons. The standard InChI is InChI=1S/C24H25F4N7O3/c1-12-14(21(36)33-17-10-34(9-16(17)25)22(37)23(38)4-2-3-5-23)6-13(8-30-12)18-7-15(24(26,27)28)19-20(29)31-11-32-35(18)19/h6-8,11,16-17,38H,2-5,9-10H2,1H3,(H,33,36)(H2,29,31,32)/t16-,17+/m0/s1. The number of aromatic nitrogens is 4. The van der Waals surface area contributed by atoms with Crippen molar-refractivity contribution in [2.24, 2.45) is 0 Å². The number of pyridine rings is 1. The van der Waals surface area contributed by atoms with Crippen molar-refractivity contribution in [3.63, 3.8) is 0 Å². The minimum Gasteiger partial charge on any atom is -0.382 e. The lowest BCUT2D eigenvalue weighted by atomic mass is 10.0. The molecule has 3 aromatic heterocycles. The van der Waals surface area contributed by atoms with Gasteiger partial charge in [0, 0.05) is 18.3 Å². The van der Waals surface area contributed by atoms with Gasteiger partial charge in [-0.2, -0.15) is 18.3 Å². The molecule has 5 rings (SSSR count). The quantitative estimate of drug-likeness (QED) is 0.436. The summed E-state index contributed by atoms with van der Waals surface area (Å²) in [5.74, 6) is -1.62. The van der Waals surface area contributed by atoms with E-state index >= 15 is 0 Å². The Morgan fingerprint density at radius 3 is 2.58 bits per heavy atom. The van der Waals surface area contributed by atoms with E-state index in [1.54, 1.807) is 0 Å². The molecule has 0 radical (unpaired) electrons. The highest BCUT2D eigenvalue weighted by atomic mass is 19.4. The van der Waals surface area contributed by atoms with Crippen molar-refractivity contribution in [3.05, 3.63) is 41.5 Å². The van der Waals surface area contributed by atoms with Crippen molar-refractivity contribution in [3.8, 4) is 11.3 Å². The fourth-order valence-corrected chi connectivity index (χ4v) is 5.17. The zero-order chi connectivity index (χ0) is 27.4. The van der Waals surface area contributed by atoms with Crippen LogP contribution >= 0.6 is 0 Å². The number of fused-ring (bicyclic) bond motifs is 1. The predicted molar refractivity (Wildman–Crippen MR) is 127 cm³/mol. The maximum absolute atomic E-state index is 14.8. The van der Waals surface area contributed by atoms with E-state index in [0.717, 1.165) is 16.9 Å². The van der Waals surface area contributed by atoms with Gasteiger partial charge in [0.15, 0.2) is 5.82 Å². The van der Waals surface area contributed by atoms with E-state index in [4.69, 9.17) is 5.73 Å². The maximum Gasteiger partial charge on any atom is 0.418 e. The zero-order valence-electron chi connectivity index (χ0n) is 20.3. The summed E-state index contributed by atoms with van der Waals surface area (Å²) in [5, 5.41) is 17.0. The summed E-state index contributed by atoms with van der Waals surface area (Å²) >= 11 is 0. The van der Waals surface area contributed by atoms with E-state index < -0.39 is 46.9 Å². The first kappa shape index (κ1) is 25.8. The van der Waals surface area contributed by atoms with Crippen molar-refractivity contribution in [1.82, 2.24) is 29.8 Å². The molecule has 14 heteroatoms. The van der Waals surface area contributed by atoms with Crippen LogP contribution in [0.25, 0.3) is 16.8 Å². The lowest BCUT2D eigenvalue weighted by Crippen LogP contribution is -2.47. The van der Waals surface area contributed by atoms with E-state index in [2.05, 4.69) is 20.4 Å². The second-order valence-corrected chi connectivity index (χ2v) is 9.75. The van der Waals surface area contributed by atoms with Crippen molar-refractivity contribution in [2.75, 3.05) is 18.8 Å². The third-order valence-electron chi connectivity index (χ3n) is 7.20. The first-order valence-electron chi connectivity index (χ1n) is 12.0. The van der Waals surface area contributed by atoms with Gasteiger partial charge in [-0.1, -0.05) is 0 Å². The molecule has 2 amide bonds. The van der Waals surface area contributed by atoms with Gasteiger partial charge in [-0.25, -0.2) is 13.9 Å². The Bertz CT molecular complexity index is 1420. The van der Waals surface area contributed by atoms with E-state index in [9.17, 15) is 32.3 Å². The summed E-state index contributed by atoms with van der Waals surface area (Å²) in [6, 6.07) is 1.16. The van der Waals surface area contributed by atoms with Gasteiger partial charge in [0.2, 0.25) is 0 Å². The average molecular weight is 536 g/mol. The fourth-order valence-electron chi connectivity index (χ4n) is 5.17. The number of hydrogen-bond acceptors (Lipinski definition) is 7. The van der Waals surface area contributed by atoms with Crippen molar-refractivity contribution >= 4 is 23.1 Å². The number of alkyl halides is 4. The molecule has 1 saturated heterocycles. The molecule has 4 heterocycles. The van der Waals surface area contributed by atoms with Gasteiger partial charge >= 0.3 is 6.18 Å². The van der Waals surface area contributed by atoms with Crippen LogP contribution in [0.1, 0.15) is 47.3 Å². The van der Waals surface area contributed by atoms with Crippen molar-refractivity contribution < 1.29 is 32.3 Å². The van der Waals surface area contributed by atoms with Crippen LogP contribution in [0.2, 0.25) is 0 Å². The number of halogens is 4. The summed E-state index contributed by atoms with van der Waals surface area (Å²) in [6.07, 6.45) is -1.96. The van der Waals surface area contributed by atoms with Gasteiger partial charge in [0.25, 0.3) is 11.8 Å². The van der Waals surface area contributed by atoms with Crippen LogP contribution in [0.4, 0.5) is 23.4 Å². The maximum atomic E-state index is 14.8. The molecule has 1 aliphatic carbocycles. The lowest BCUT2D eigenvalue weighted by Gasteiger charge is -2.27. The minimum absolute atomic E-state index is 0.0134. The molecule has 0 aromatic carbocycles. The Kier molecular flexibility index (Phi) is 6.24. The molecule has 2 atom stereocenters. The van der Waals surface area contributed by atoms with Crippen LogP contribution in [0, 0.1) is 6.92 Å². The SMILES string of the molecule is Cc1ncc(-c2cc(C(F)(F)F)c3c(N)ncnn23)cc1C(=O)N[C@@H]1CN(C(=O)C2(O)CCCC2)C[C@@H]1F. The van der Waals surface area contributed by atoms with Crippen LogP contribution in [-0.4, -0.2) is 72.3 Å². The van der Waals surface area contributed by atoms with Crippen LogP contribution in [0.5, 0.6) is 0 Å². The summed E-state index contributed by atoms with van der Waals surface area (Å²) in [6.45, 7) is 1.15. The topological polar surface area (TPSA) is 139 Å².